The van der Waals surface area contributed by atoms with E-state index in [1.165, 1.54) is 0 Å². The number of ether oxygens (including phenoxy) is 1. The van der Waals surface area contributed by atoms with Crippen molar-refractivity contribution in [1.29, 1.82) is 0 Å². The molecule has 162 valence electrons. The molecule has 0 unspecified atom stereocenters. The van der Waals surface area contributed by atoms with Crippen LogP contribution in [-0.2, 0) is 14.3 Å². The van der Waals surface area contributed by atoms with E-state index >= 15 is 0 Å². The molecule has 2 aromatic rings. The van der Waals surface area contributed by atoms with Crippen LogP contribution in [0.1, 0.15) is 17.2 Å². The molecular formula is C23H22Br2N2O4. The quantitative estimate of drug-likeness (QED) is 0.347. The molecule has 31 heavy (non-hydrogen) atoms. The smallest absolute Gasteiger partial charge is 0.295 e. The first-order valence-electron chi connectivity index (χ1n) is 10.1. The van der Waals surface area contributed by atoms with Gasteiger partial charge in [-0.25, -0.2) is 0 Å². The number of hydrogen-bond donors (Lipinski definition) is 1. The van der Waals surface area contributed by atoms with Crippen LogP contribution < -0.4 is 0 Å². The Morgan fingerprint density at radius 1 is 0.935 bits per heavy atom. The summed E-state index contributed by atoms with van der Waals surface area (Å²) in [7, 11) is 0. The van der Waals surface area contributed by atoms with E-state index in [2.05, 4.69) is 36.8 Å². The Balaban J connectivity index is 1.72. The van der Waals surface area contributed by atoms with Crippen molar-refractivity contribution in [2.45, 2.75) is 6.04 Å². The van der Waals surface area contributed by atoms with Crippen molar-refractivity contribution < 1.29 is 19.4 Å². The second-order valence-corrected chi connectivity index (χ2v) is 9.34. The third-order valence-corrected chi connectivity index (χ3v) is 6.66. The molecule has 0 aromatic heterocycles. The lowest BCUT2D eigenvalue weighted by Gasteiger charge is -2.31. The molecule has 0 bridgehead atoms. The maximum Gasteiger partial charge on any atom is 0.295 e. The zero-order chi connectivity index (χ0) is 22.0. The fourth-order valence-electron chi connectivity index (χ4n) is 3.94. The van der Waals surface area contributed by atoms with Crippen LogP contribution in [0.5, 0.6) is 0 Å². The molecule has 1 amide bonds. The number of nitrogens with zero attached hydrogens (tertiary/aromatic N) is 2. The lowest BCUT2D eigenvalue weighted by atomic mass is 9.95. The number of halogens is 2. The van der Waals surface area contributed by atoms with Gasteiger partial charge in [0.25, 0.3) is 11.7 Å². The monoisotopic (exact) mass is 548 g/mol. The molecule has 2 saturated heterocycles. The van der Waals surface area contributed by atoms with Crippen LogP contribution in [0.25, 0.3) is 5.76 Å². The summed E-state index contributed by atoms with van der Waals surface area (Å²) < 4.78 is 7.15. The summed E-state index contributed by atoms with van der Waals surface area (Å²) in [5.74, 6) is -1.40. The average molecular weight is 550 g/mol. The molecule has 0 radical (unpaired) electrons. The molecule has 2 aromatic carbocycles. The highest BCUT2D eigenvalue weighted by molar-refractivity contribution is 9.10. The fraction of sp³-hybridized carbons (Fsp3) is 0.304. The van der Waals surface area contributed by atoms with Crippen molar-refractivity contribution in [3.63, 3.8) is 0 Å². The summed E-state index contributed by atoms with van der Waals surface area (Å²) in [4.78, 5) is 29.8. The highest BCUT2D eigenvalue weighted by Crippen LogP contribution is 2.39. The van der Waals surface area contributed by atoms with E-state index in [0.717, 1.165) is 27.6 Å². The summed E-state index contributed by atoms with van der Waals surface area (Å²) in [6, 6.07) is 13.9. The topological polar surface area (TPSA) is 70.1 Å². The number of benzene rings is 2. The summed E-state index contributed by atoms with van der Waals surface area (Å²) in [6.07, 6.45) is 0. The molecule has 6 nitrogen and oxygen atoms in total. The Bertz CT molecular complexity index is 999. The van der Waals surface area contributed by atoms with E-state index in [1.807, 2.05) is 24.3 Å². The van der Waals surface area contributed by atoms with Gasteiger partial charge < -0.3 is 14.7 Å². The van der Waals surface area contributed by atoms with E-state index in [0.29, 0.717) is 31.9 Å². The SMILES string of the molecule is O=C1C(=O)N(CCN2CCOCC2)[C@H](c2ccc(Br)cc2)/C1=C(\O)c1ccc(Br)cc1. The minimum atomic E-state index is -0.657. The van der Waals surface area contributed by atoms with Gasteiger partial charge in [-0.05, 0) is 29.8 Å². The maximum atomic E-state index is 13.0. The molecule has 2 fully saturated rings. The van der Waals surface area contributed by atoms with Crippen molar-refractivity contribution >= 4 is 49.3 Å². The van der Waals surface area contributed by atoms with Crippen LogP contribution >= 0.6 is 31.9 Å². The Morgan fingerprint density at radius 2 is 1.52 bits per heavy atom. The number of likely N-dealkylation sites (tertiary alicyclic amines) is 1. The zero-order valence-corrected chi connectivity index (χ0v) is 19.9. The van der Waals surface area contributed by atoms with E-state index in [4.69, 9.17) is 4.74 Å². The molecule has 4 rings (SSSR count). The number of hydrogen-bond acceptors (Lipinski definition) is 5. The predicted molar refractivity (Wildman–Crippen MR) is 125 cm³/mol. The second kappa shape index (κ2) is 9.65. The van der Waals surface area contributed by atoms with E-state index < -0.39 is 17.7 Å². The zero-order valence-electron chi connectivity index (χ0n) is 16.8. The molecule has 2 aliphatic heterocycles. The normalized spacial score (nSPS) is 21.6. The number of carbonyl (C=O) groups is 2. The molecule has 1 N–H and O–H groups in total. The highest BCUT2D eigenvalue weighted by Gasteiger charge is 2.46. The molecule has 2 heterocycles. The molecule has 1 atom stereocenters. The van der Waals surface area contributed by atoms with Crippen molar-refractivity contribution in [3.05, 3.63) is 74.2 Å². The van der Waals surface area contributed by atoms with Gasteiger partial charge in [0.05, 0.1) is 24.8 Å². The summed E-state index contributed by atoms with van der Waals surface area (Å²) >= 11 is 6.81. The minimum absolute atomic E-state index is 0.122. The molecule has 0 saturated carbocycles. The number of Topliss-reactive ketones (excluding diaryl/α,β-unsaturated/α-hetero) is 1. The Morgan fingerprint density at radius 3 is 2.13 bits per heavy atom. The third-order valence-electron chi connectivity index (χ3n) is 5.60. The highest BCUT2D eigenvalue weighted by atomic mass is 79.9. The Labute approximate surface area is 197 Å². The summed E-state index contributed by atoms with van der Waals surface area (Å²) in [6.45, 7) is 3.96. The van der Waals surface area contributed by atoms with Crippen LogP contribution in [0.4, 0.5) is 0 Å². The maximum absolute atomic E-state index is 13.0. The van der Waals surface area contributed by atoms with Crippen LogP contribution in [-0.4, -0.2) is 66.0 Å². The summed E-state index contributed by atoms with van der Waals surface area (Å²) in [5.41, 5.74) is 1.40. The van der Waals surface area contributed by atoms with Crippen LogP contribution in [0.3, 0.4) is 0 Å². The second-order valence-electron chi connectivity index (χ2n) is 7.50. The summed E-state index contributed by atoms with van der Waals surface area (Å²) in [5, 5.41) is 11.0. The van der Waals surface area contributed by atoms with Crippen molar-refractivity contribution in [2.75, 3.05) is 39.4 Å². The molecule has 0 spiro atoms. The van der Waals surface area contributed by atoms with Gasteiger partial charge in [-0.15, -0.1) is 0 Å². The van der Waals surface area contributed by atoms with Crippen molar-refractivity contribution in [2.24, 2.45) is 0 Å². The number of aliphatic hydroxyl groups is 1. The first-order chi connectivity index (χ1) is 15.0. The van der Waals surface area contributed by atoms with Gasteiger partial charge >= 0.3 is 0 Å². The molecular weight excluding hydrogens is 528 g/mol. The average Bonchev–Trinajstić information content (AvgIpc) is 3.04. The van der Waals surface area contributed by atoms with Gasteiger partial charge in [-0.3, -0.25) is 14.5 Å². The van der Waals surface area contributed by atoms with Crippen molar-refractivity contribution in [1.82, 2.24) is 9.80 Å². The van der Waals surface area contributed by atoms with Crippen LogP contribution in [0, 0.1) is 0 Å². The third kappa shape index (κ3) is 4.77. The van der Waals surface area contributed by atoms with Gasteiger partial charge in [0.15, 0.2) is 0 Å². The molecule has 0 aliphatic carbocycles. The van der Waals surface area contributed by atoms with Gasteiger partial charge in [0.2, 0.25) is 0 Å². The van der Waals surface area contributed by atoms with Crippen LogP contribution in [0.2, 0.25) is 0 Å². The number of carbonyl (C=O) groups excluding carboxylic acids is 2. The molecule has 2 aliphatic rings. The minimum Gasteiger partial charge on any atom is -0.507 e. The van der Waals surface area contributed by atoms with Crippen molar-refractivity contribution in [3.8, 4) is 0 Å². The standard InChI is InChI=1S/C23H22Br2N2O4/c24-17-5-1-15(2-6-17)20-19(21(28)16-3-7-18(25)8-4-16)22(29)23(30)27(20)10-9-26-11-13-31-14-12-26/h1-8,20,28H,9-14H2/b21-19+/t20-/m1/s1. The number of ketones is 1. The lowest BCUT2D eigenvalue weighted by Crippen LogP contribution is -2.42. The largest absolute Gasteiger partial charge is 0.507 e. The molecule has 8 heteroatoms. The van der Waals surface area contributed by atoms with Gasteiger partial charge in [-0.2, -0.15) is 0 Å². The number of morpholine rings is 1. The number of amides is 1. The van der Waals surface area contributed by atoms with Gasteiger partial charge in [0, 0.05) is 40.7 Å². The lowest BCUT2D eigenvalue weighted by molar-refractivity contribution is -0.140. The van der Waals surface area contributed by atoms with Gasteiger partial charge in [0.1, 0.15) is 5.76 Å². The van der Waals surface area contributed by atoms with E-state index in [1.54, 1.807) is 29.2 Å². The Kier molecular flexibility index (Phi) is 6.91. The number of aliphatic hydroxyl groups excluding tert-OH is 1. The van der Waals surface area contributed by atoms with E-state index in [9.17, 15) is 14.7 Å². The van der Waals surface area contributed by atoms with Gasteiger partial charge in [-0.1, -0.05) is 56.1 Å². The predicted octanol–water partition coefficient (Wildman–Crippen LogP) is 3.97. The number of rotatable bonds is 5. The first-order valence-corrected chi connectivity index (χ1v) is 11.6. The Hall–Kier alpha value is -2.00. The fourth-order valence-corrected chi connectivity index (χ4v) is 4.47. The first kappa shape index (κ1) is 22.2. The van der Waals surface area contributed by atoms with E-state index in [-0.39, 0.29) is 11.3 Å². The van der Waals surface area contributed by atoms with Crippen LogP contribution in [0.15, 0.2) is 63.0 Å².